The highest BCUT2D eigenvalue weighted by Gasteiger charge is 2.16. The summed E-state index contributed by atoms with van der Waals surface area (Å²) >= 11 is 0. The molecule has 0 fully saturated rings. The molecule has 15 heavy (non-hydrogen) atoms. The molecule has 0 radical (unpaired) electrons. The smallest absolute Gasteiger partial charge is 0.303 e. The molecule has 0 aliphatic rings. The summed E-state index contributed by atoms with van der Waals surface area (Å²) in [7, 11) is -2.57. The molecule has 0 saturated heterocycles. The Hall–Kier alpha value is 0.110. The van der Waals surface area contributed by atoms with Crippen molar-refractivity contribution in [3.05, 3.63) is 0 Å². The zero-order valence-corrected chi connectivity index (χ0v) is 10.7. The van der Waals surface area contributed by atoms with Gasteiger partial charge in [0.05, 0.1) is 6.61 Å². The summed E-state index contributed by atoms with van der Waals surface area (Å²) in [6.07, 6.45) is 8.12. The summed E-state index contributed by atoms with van der Waals surface area (Å²) in [6, 6.07) is 0. The van der Waals surface area contributed by atoms with Crippen LogP contribution in [0.15, 0.2) is 0 Å². The zero-order valence-electron chi connectivity index (χ0n) is 9.78. The van der Waals surface area contributed by atoms with Gasteiger partial charge < -0.3 is 4.89 Å². The SMILES string of the molecule is CCCCCCCCCOP(=O)(O)OC. The van der Waals surface area contributed by atoms with E-state index in [0.717, 1.165) is 12.8 Å². The normalized spacial score (nSPS) is 15.1. The van der Waals surface area contributed by atoms with Crippen LogP contribution in [0, 0.1) is 0 Å². The minimum Gasteiger partial charge on any atom is -0.303 e. The van der Waals surface area contributed by atoms with Gasteiger partial charge in [-0.25, -0.2) is 4.57 Å². The summed E-state index contributed by atoms with van der Waals surface area (Å²) in [4.78, 5) is 8.91. The quantitative estimate of drug-likeness (QED) is 0.467. The molecule has 1 N–H and O–H groups in total. The van der Waals surface area contributed by atoms with Crippen molar-refractivity contribution in [2.75, 3.05) is 13.7 Å². The molecule has 0 aromatic rings. The third kappa shape index (κ3) is 10.4. The van der Waals surface area contributed by atoms with Gasteiger partial charge >= 0.3 is 7.82 Å². The first-order chi connectivity index (χ1) is 7.12. The predicted octanol–water partition coefficient (Wildman–Crippen LogP) is 3.50. The van der Waals surface area contributed by atoms with Crippen molar-refractivity contribution in [1.82, 2.24) is 0 Å². The Bertz CT molecular complexity index is 184. The largest absolute Gasteiger partial charge is 0.471 e. The van der Waals surface area contributed by atoms with Gasteiger partial charge in [-0.3, -0.25) is 9.05 Å². The molecule has 1 unspecified atom stereocenters. The van der Waals surface area contributed by atoms with Gasteiger partial charge in [-0.05, 0) is 6.42 Å². The molecule has 1 atom stereocenters. The van der Waals surface area contributed by atoms with E-state index in [1.807, 2.05) is 0 Å². The van der Waals surface area contributed by atoms with E-state index in [4.69, 9.17) is 9.42 Å². The fourth-order valence-electron chi connectivity index (χ4n) is 1.29. The van der Waals surface area contributed by atoms with Crippen LogP contribution in [-0.2, 0) is 13.6 Å². The molecule has 4 nitrogen and oxygen atoms in total. The van der Waals surface area contributed by atoms with Crippen molar-refractivity contribution in [3.8, 4) is 0 Å². The topological polar surface area (TPSA) is 55.8 Å². The minimum atomic E-state index is -3.74. The summed E-state index contributed by atoms with van der Waals surface area (Å²) in [5.74, 6) is 0. The van der Waals surface area contributed by atoms with Crippen molar-refractivity contribution in [3.63, 3.8) is 0 Å². The summed E-state index contributed by atoms with van der Waals surface area (Å²) in [5, 5.41) is 0. The van der Waals surface area contributed by atoms with Gasteiger partial charge in [-0.1, -0.05) is 45.4 Å². The number of phosphoric acid groups is 1. The molecule has 92 valence electrons. The average Bonchev–Trinajstić information content (AvgIpc) is 2.22. The van der Waals surface area contributed by atoms with Crippen LogP contribution < -0.4 is 0 Å². The molecule has 0 aromatic carbocycles. The molecule has 0 amide bonds. The van der Waals surface area contributed by atoms with E-state index in [2.05, 4.69) is 11.4 Å². The lowest BCUT2D eigenvalue weighted by molar-refractivity contribution is 0.170. The molecule has 0 spiro atoms. The fraction of sp³-hybridized carbons (Fsp3) is 1.00. The number of hydrogen-bond acceptors (Lipinski definition) is 3. The summed E-state index contributed by atoms with van der Waals surface area (Å²) < 4.78 is 19.8. The molecular formula is C10H23O4P. The van der Waals surface area contributed by atoms with Crippen LogP contribution >= 0.6 is 7.82 Å². The zero-order chi connectivity index (χ0) is 11.6. The van der Waals surface area contributed by atoms with Crippen molar-refractivity contribution >= 4 is 7.82 Å². The molecule has 0 aromatic heterocycles. The van der Waals surface area contributed by atoms with E-state index in [-0.39, 0.29) is 0 Å². The first kappa shape index (κ1) is 15.1. The molecule has 0 saturated carbocycles. The van der Waals surface area contributed by atoms with Crippen molar-refractivity contribution < 1.29 is 18.5 Å². The lowest BCUT2D eigenvalue weighted by Crippen LogP contribution is -1.94. The Morgan fingerprint density at radius 1 is 1.07 bits per heavy atom. The molecule has 0 aliphatic heterocycles. The lowest BCUT2D eigenvalue weighted by Gasteiger charge is -2.08. The molecule has 5 heteroatoms. The van der Waals surface area contributed by atoms with Crippen molar-refractivity contribution in [1.29, 1.82) is 0 Å². The molecule has 0 bridgehead atoms. The van der Waals surface area contributed by atoms with Gasteiger partial charge in [-0.15, -0.1) is 0 Å². The predicted molar refractivity (Wildman–Crippen MR) is 60.8 cm³/mol. The van der Waals surface area contributed by atoms with Gasteiger partial charge in [0.15, 0.2) is 0 Å². The van der Waals surface area contributed by atoms with Crippen molar-refractivity contribution in [2.24, 2.45) is 0 Å². The second kappa shape index (κ2) is 9.34. The van der Waals surface area contributed by atoms with Crippen molar-refractivity contribution in [2.45, 2.75) is 51.9 Å². The van der Waals surface area contributed by atoms with Crippen LogP contribution in [0.1, 0.15) is 51.9 Å². The van der Waals surface area contributed by atoms with Gasteiger partial charge in [0, 0.05) is 7.11 Å². The average molecular weight is 238 g/mol. The number of rotatable bonds is 10. The van der Waals surface area contributed by atoms with E-state index in [9.17, 15) is 4.57 Å². The van der Waals surface area contributed by atoms with E-state index in [1.54, 1.807) is 0 Å². The van der Waals surface area contributed by atoms with Crippen LogP contribution in [0.25, 0.3) is 0 Å². The molecule has 0 aliphatic carbocycles. The van der Waals surface area contributed by atoms with Crippen LogP contribution in [0.3, 0.4) is 0 Å². The Balaban J connectivity index is 3.15. The van der Waals surface area contributed by atoms with E-state index in [0.29, 0.717) is 6.61 Å². The van der Waals surface area contributed by atoms with Gasteiger partial charge in [0.1, 0.15) is 0 Å². The first-order valence-electron chi connectivity index (χ1n) is 5.65. The van der Waals surface area contributed by atoms with Crippen LogP contribution in [-0.4, -0.2) is 18.6 Å². The standard InChI is InChI=1S/C10H23O4P/c1-3-4-5-6-7-8-9-10-14-15(11,12)13-2/h3-10H2,1-2H3,(H,11,12). The van der Waals surface area contributed by atoms with E-state index in [1.165, 1.54) is 39.2 Å². The van der Waals surface area contributed by atoms with Crippen LogP contribution in [0.5, 0.6) is 0 Å². The highest BCUT2D eigenvalue weighted by molar-refractivity contribution is 7.47. The molecule has 0 heterocycles. The van der Waals surface area contributed by atoms with Crippen LogP contribution in [0.2, 0.25) is 0 Å². The van der Waals surface area contributed by atoms with Gasteiger partial charge in [0.25, 0.3) is 0 Å². The summed E-state index contributed by atoms with van der Waals surface area (Å²) in [5.41, 5.74) is 0. The number of phosphoric ester groups is 1. The highest BCUT2D eigenvalue weighted by atomic mass is 31.2. The Kier molecular flexibility index (Phi) is 9.41. The second-order valence-electron chi connectivity index (χ2n) is 3.61. The number of hydrogen-bond donors (Lipinski definition) is 1. The molecule has 0 rings (SSSR count). The maximum Gasteiger partial charge on any atom is 0.471 e. The van der Waals surface area contributed by atoms with E-state index < -0.39 is 7.82 Å². The number of unbranched alkanes of at least 4 members (excludes halogenated alkanes) is 6. The maximum absolute atomic E-state index is 10.9. The second-order valence-corrected chi connectivity index (χ2v) is 5.17. The Morgan fingerprint density at radius 2 is 1.60 bits per heavy atom. The lowest BCUT2D eigenvalue weighted by atomic mass is 10.1. The van der Waals surface area contributed by atoms with Gasteiger partial charge in [0.2, 0.25) is 0 Å². The Labute approximate surface area is 92.6 Å². The fourth-order valence-corrected chi connectivity index (χ4v) is 1.76. The first-order valence-corrected chi connectivity index (χ1v) is 7.15. The Morgan fingerprint density at radius 3 is 2.13 bits per heavy atom. The van der Waals surface area contributed by atoms with Crippen LogP contribution in [0.4, 0.5) is 0 Å². The minimum absolute atomic E-state index is 0.301. The highest BCUT2D eigenvalue weighted by Crippen LogP contribution is 2.41. The third-order valence-electron chi connectivity index (χ3n) is 2.23. The van der Waals surface area contributed by atoms with Gasteiger partial charge in [-0.2, -0.15) is 0 Å². The maximum atomic E-state index is 10.9. The molecular weight excluding hydrogens is 215 g/mol. The monoisotopic (exact) mass is 238 g/mol. The van der Waals surface area contributed by atoms with E-state index >= 15 is 0 Å². The summed E-state index contributed by atoms with van der Waals surface area (Å²) in [6.45, 7) is 2.49. The third-order valence-corrected chi connectivity index (χ3v) is 3.20.